The summed E-state index contributed by atoms with van der Waals surface area (Å²) in [4.78, 5) is 0. The van der Waals surface area contributed by atoms with Gasteiger partial charge in [-0.15, -0.1) is 0 Å². The minimum atomic E-state index is -1.45. The Morgan fingerprint density at radius 1 is 1.29 bits per heavy atom. The van der Waals surface area contributed by atoms with Gasteiger partial charge in [0.15, 0.2) is 0 Å². The average molecular weight is 259 g/mol. The quantitative estimate of drug-likeness (QED) is 0.593. The molecule has 0 aliphatic heterocycles. The van der Waals surface area contributed by atoms with Crippen LogP contribution < -0.4 is 0 Å². The molecule has 0 heterocycles. The molecule has 5 heteroatoms. The molecule has 0 fully saturated rings. The number of rotatable bonds is 2. The fourth-order valence-electron chi connectivity index (χ4n) is 1.04. The van der Waals surface area contributed by atoms with Crippen LogP contribution in [0.2, 0.25) is 0 Å². The molecule has 0 amide bonds. The predicted octanol–water partition coefficient (Wildman–Crippen LogP) is 3.15. The second-order valence-corrected chi connectivity index (χ2v) is 6.61. The molecule has 1 aromatic carbocycles. The Bertz CT molecular complexity index is 441. The summed E-state index contributed by atoms with van der Waals surface area (Å²) in [7, 11) is 0. The van der Waals surface area contributed by atoms with Crippen molar-refractivity contribution in [1.82, 2.24) is 0 Å². The van der Waals surface area contributed by atoms with E-state index in [1.54, 1.807) is 20.8 Å². The van der Waals surface area contributed by atoms with Gasteiger partial charge in [0, 0.05) is 11.1 Å². The maximum absolute atomic E-state index is 13.6. The molecular formula is C12H15F2NOS. The van der Waals surface area contributed by atoms with Gasteiger partial charge in [-0.2, -0.15) is 0 Å². The molecule has 1 rings (SSSR count). The highest BCUT2D eigenvalue weighted by Crippen LogP contribution is 2.18. The Hall–Kier alpha value is -0.940. The van der Waals surface area contributed by atoms with Crippen LogP contribution in [-0.4, -0.2) is 15.5 Å². The van der Waals surface area contributed by atoms with Gasteiger partial charge in [0.05, 0.1) is 6.21 Å². The molecule has 0 bridgehead atoms. The molecule has 0 saturated heterocycles. The van der Waals surface area contributed by atoms with Crippen LogP contribution in [0.25, 0.3) is 0 Å². The second-order valence-electron chi connectivity index (χ2n) is 4.67. The lowest BCUT2D eigenvalue weighted by atomic mass is 10.1. The Morgan fingerprint density at radius 3 is 2.41 bits per heavy atom. The van der Waals surface area contributed by atoms with Gasteiger partial charge in [-0.05, 0) is 39.8 Å². The third-order valence-electron chi connectivity index (χ3n) is 2.16. The predicted molar refractivity (Wildman–Crippen MR) is 66.6 cm³/mol. The Labute approximate surface area is 103 Å². The molecule has 1 aromatic rings. The first-order valence-electron chi connectivity index (χ1n) is 5.14. The van der Waals surface area contributed by atoms with Crippen molar-refractivity contribution in [1.29, 1.82) is 0 Å². The second kappa shape index (κ2) is 5.14. The van der Waals surface area contributed by atoms with Crippen molar-refractivity contribution in [3.05, 3.63) is 34.9 Å². The Kier molecular flexibility index (Phi) is 4.27. The van der Waals surface area contributed by atoms with E-state index in [0.29, 0.717) is 0 Å². The summed E-state index contributed by atoms with van der Waals surface area (Å²) in [6, 6.07) is 2.45. The third kappa shape index (κ3) is 3.51. The number of nitrogens with zero attached hydrogens (tertiary/aromatic N) is 1. The lowest BCUT2D eigenvalue weighted by Crippen LogP contribution is -2.25. The van der Waals surface area contributed by atoms with Crippen molar-refractivity contribution in [3.8, 4) is 0 Å². The molecule has 2 nitrogen and oxygen atoms in total. The smallest absolute Gasteiger partial charge is 0.144 e. The van der Waals surface area contributed by atoms with Gasteiger partial charge in [-0.3, -0.25) is 0 Å². The zero-order chi connectivity index (χ0) is 13.2. The van der Waals surface area contributed by atoms with Crippen LogP contribution in [0.5, 0.6) is 0 Å². The molecule has 94 valence electrons. The van der Waals surface area contributed by atoms with Crippen LogP contribution in [0.4, 0.5) is 8.78 Å². The highest BCUT2D eigenvalue weighted by molar-refractivity contribution is 7.91. The van der Waals surface area contributed by atoms with Crippen molar-refractivity contribution >= 4 is 17.6 Å². The van der Waals surface area contributed by atoms with Crippen LogP contribution in [0.15, 0.2) is 16.5 Å². The number of hydrogen-bond acceptors (Lipinski definition) is 2. The molecule has 0 N–H and O–H groups in total. The van der Waals surface area contributed by atoms with Gasteiger partial charge in [0.1, 0.15) is 27.7 Å². The Morgan fingerprint density at radius 2 is 1.88 bits per heavy atom. The SMILES string of the molecule is Cc1c(F)ccc(/C=N/[S@@+]([O-])C(C)(C)C)c1F. The van der Waals surface area contributed by atoms with Crippen molar-refractivity contribution in [3.63, 3.8) is 0 Å². The largest absolute Gasteiger partial charge is 0.591 e. The van der Waals surface area contributed by atoms with Crippen LogP contribution in [0, 0.1) is 18.6 Å². The zero-order valence-corrected chi connectivity index (χ0v) is 11.1. The summed E-state index contributed by atoms with van der Waals surface area (Å²) in [6.07, 6.45) is 1.18. The first-order chi connectivity index (χ1) is 7.73. The molecule has 0 unspecified atom stereocenters. The average Bonchev–Trinajstić information content (AvgIpc) is 2.23. The maximum Gasteiger partial charge on any atom is 0.144 e. The fourth-order valence-corrected chi connectivity index (χ4v) is 1.57. The molecule has 0 radical (unpaired) electrons. The van der Waals surface area contributed by atoms with Gasteiger partial charge >= 0.3 is 0 Å². The first kappa shape index (κ1) is 14.1. The van der Waals surface area contributed by atoms with Crippen LogP contribution in [0.3, 0.4) is 0 Å². The summed E-state index contributed by atoms with van der Waals surface area (Å²) < 4.78 is 41.5. The summed E-state index contributed by atoms with van der Waals surface area (Å²) in [6.45, 7) is 6.66. The van der Waals surface area contributed by atoms with E-state index in [4.69, 9.17) is 0 Å². The normalized spacial score (nSPS) is 14.3. The van der Waals surface area contributed by atoms with Gasteiger partial charge in [-0.1, -0.05) is 4.40 Å². The van der Waals surface area contributed by atoms with Crippen LogP contribution in [-0.2, 0) is 11.4 Å². The van der Waals surface area contributed by atoms with E-state index < -0.39 is 27.7 Å². The molecule has 0 aliphatic rings. The van der Waals surface area contributed by atoms with Crippen molar-refractivity contribution in [2.45, 2.75) is 32.4 Å². The van der Waals surface area contributed by atoms with E-state index >= 15 is 0 Å². The van der Waals surface area contributed by atoms with Crippen LogP contribution >= 0.6 is 0 Å². The maximum atomic E-state index is 13.6. The molecule has 0 aromatic heterocycles. The summed E-state index contributed by atoms with van der Waals surface area (Å²) in [5.74, 6) is -1.27. The van der Waals surface area contributed by atoms with E-state index in [2.05, 4.69) is 4.40 Å². The molecular weight excluding hydrogens is 244 g/mol. The van der Waals surface area contributed by atoms with E-state index in [0.717, 1.165) is 0 Å². The van der Waals surface area contributed by atoms with Crippen LogP contribution in [0.1, 0.15) is 31.9 Å². The first-order valence-corrected chi connectivity index (χ1v) is 6.25. The lowest BCUT2D eigenvalue weighted by molar-refractivity contribution is 0.561. The van der Waals surface area contributed by atoms with Crippen molar-refractivity contribution in [2.24, 2.45) is 4.40 Å². The third-order valence-corrected chi connectivity index (χ3v) is 3.51. The number of halogens is 2. The molecule has 0 saturated carbocycles. The Balaban J connectivity index is 2.97. The standard InChI is InChI=1S/C12H15F2NOS/c1-8-10(13)6-5-9(11(8)14)7-15-17(16)12(2,3)4/h5-7H,1-4H3/b15-7+/t17-/m0/s1. The van der Waals surface area contributed by atoms with Gasteiger partial charge < -0.3 is 4.55 Å². The highest BCUT2D eigenvalue weighted by Gasteiger charge is 2.26. The number of hydrogen-bond donors (Lipinski definition) is 0. The monoisotopic (exact) mass is 259 g/mol. The van der Waals surface area contributed by atoms with Gasteiger partial charge in [0.25, 0.3) is 0 Å². The summed E-state index contributed by atoms with van der Waals surface area (Å²) >= 11 is -1.45. The van der Waals surface area contributed by atoms with E-state index in [1.807, 2.05) is 0 Å². The molecule has 17 heavy (non-hydrogen) atoms. The van der Waals surface area contributed by atoms with Crippen molar-refractivity contribution < 1.29 is 13.3 Å². The van der Waals surface area contributed by atoms with E-state index in [9.17, 15) is 13.3 Å². The minimum absolute atomic E-state index is 0.0597. The topological polar surface area (TPSA) is 35.4 Å². The van der Waals surface area contributed by atoms with E-state index in [-0.39, 0.29) is 11.1 Å². The summed E-state index contributed by atoms with van der Waals surface area (Å²) in [5, 5.41) is 0. The molecule has 0 aliphatic carbocycles. The van der Waals surface area contributed by atoms with Crippen molar-refractivity contribution in [2.75, 3.05) is 0 Å². The van der Waals surface area contributed by atoms with Gasteiger partial charge in [-0.25, -0.2) is 8.78 Å². The molecule has 0 spiro atoms. The lowest BCUT2D eigenvalue weighted by Gasteiger charge is -2.17. The minimum Gasteiger partial charge on any atom is -0.591 e. The molecule has 1 atom stereocenters. The highest BCUT2D eigenvalue weighted by atomic mass is 32.2. The number of benzene rings is 1. The fraction of sp³-hybridized carbons (Fsp3) is 0.417. The van der Waals surface area contributed by atoms with Gasteiger partial charge in [0.2, 0.25) is 0 Å². The zero-order valence-electron chi connectivity index (χ0n) is 10.3. The summed E-state index contributed by atoms with van der Waals surface area (Å²) in [5.41, 5.74) is 0.0805. The van der Waals surface area contributed by atoms with E-state index in [1.165, 1.54) is 25.3 Å².